The lowest BCUT2D eigenvalue weighted by Crippen LogP contribution is -1.97. The molecule has 0 heterocycles. The van der Waals surface area contributed by atoms with Crippen LogP contribution >= 0.6 is 11.6 Å². The largest absolute Gasteiger partial charge is 0.299 e. The topological polar surface area (TPSA) is 17.1 Å². The van der Waals surface area contributed by atoms with Gasteiger partial charge in [-0.3, -0.25) is 4.79 Å². The predicted octanol–water partition coefficient (Wildman–Crippen LogP) is 4.07. The van der Waals surface area contributed by atoms with E-state index in [0.717, 1.165) is 36.7 Å². The highest BCUT2D eigenvalue weighted by atomic mass is 35.5. The molecule has 86 valence electrons. The number of benzene rings is 1. The Hall–Kier alpha value is -1.08. The van der Waals surface area contributed by atoms with E-state index in [-0.39, 0.29) is 5.38 Å². The van der Waals surface area contributed by atoms with Crippen LogP contribution in [0.3, 0.4) is 0 Å². The summed E-state index contributed by atoms with van der Waals surface area (Å²) in [7, 11) is 0. The van der Waals surface area contributed by atoms with Crippen molar-refractivity contribution in [2.45, 2.75) is 31.6 Å². The molecule has 1 rings (SSSR count). The number of carbonyl (C=O) groups excluding carboxylic acids is 1. The van der Waals surface area contributed by atoms with Crippen LogP contribution in [-0.4, -0.2) is 11.7 Å². The van der Waals surface area contributed by atoms with E-state index in [1.54, 1.807) is 6.08 Å². The molecule has 0 spiro atoms. The van der Waals surface area contributed by atoms with Gasteiger partial charge in [-0.2, -0.15) is 0 Å². The molecule has 1 nitrogen and oxygen atoms in total. The van der Waals surface area contributed by atoms with Gasteiger partial charge in [-0.1, -0.05) is 37.3 Å². The molecule has 0 aromatic heterocycles. The summed E-state index contributed by atoms with van der Waals surface area (Å²) < 4.78 is 0. The Labute approximate surface area is 102 Å². The Balaban J connectivity index is 2.70. The molecule has 0 bridgehead atoms. The first-order valence-electron chi connectivity index (χ1n) is 5.61. The van der Waals surface area contributed by atoms with Crippen molar-refractivity contribution in [3.63, 3.8) is 0 Å². The first-order valence-corrected chi connectivity index (χ1v) is 6.05. The maximum atomic E-state index is 10.6. The summed E-state index contributed by atoms with van der Waals surface area (Å²) >= 11 is 6.08. The Morgan fingerprint density at radius 1 is 1.38 bits per heavy atom. The summed E-state index contributed by atoms with van der Waals surface area (Å²) in [5.74, 6) is 0. The fourth-order valence-electron chi connectivity index (χ4n) is 1.57. The Kier molecular flexibility index (Phi) is 5.87. The Bertz CT molecular complexity index is 343. The van der Waals surface area contributed by atoms with E-state index in [4.69, 9.17) is 11.6 Å². The van der Waals surface area contributed by atoms with Crippen molar-refractivity contribution in [1.29, 1.82) is 0 Å². The minimum atomic E-state index is 0.193. The highest BCUT2D eigenvalue weighted by Crippen LogP contribution is 2.22. The second-order valence-electron chi connectivity index (χ2n) is 3.74. The summed E-state index contributed by atoms with van der Waals surface area (Å²) in [5.41, 5.74) is 2.17. The van der Waals surface area contributed by atoms with Crippen molar-refractivity contribution in [2.75, 3.05) is 0 Å². The van der Waals surface area contributed by atoms with E-state index in [0.29, 0.717) is 0 Å². The lowest BCUT2D eigenvalue weighted by molar-refractivity contribution is -0.104. The zero-order valence-electron chi connectivity index (χ0n) is 9.53. The van der Waals surface area contributed by atoms with Gasteiger partial charge in [0.05, 0.1) is 0 Å². The molecule has 1 aromatic carbocycles. The van der Waals surface area contributed by atoms with Crippen LogP contribution in [0, 0.1) is 0 Å². The highest BCUT2D eigenvalue weighted by Gasteiger charge is 2.05. The third-order valence-electron chi connectivity index (χ3n) is 2.58. The average molecular weight is 237 g/mol. The van der Waals surface area contributed by atoms with E-state index in [1.165, 1.54) is 0 Å². The summed E-state index contributed by atoms with van der Waals surface area (Å²) in [5, 5.41) is 0.193. The molecule has 2 heteroatoms. The molecule has 1 atom stereocenters. The molecule has 1 aromatic rings. The van der Waals surface area contributed by atoms with E-state index >= 15 is 0 Å². The molecule has 16 heavy (non-hydrogen) atoms. The van der Waals surface area contributed by atoms with E-state index in [9.17, 15) is 4.79 Å². The van der Waals surface area contributed by atoms with Gasteiger partial charge < -0.3 is 0 Å². The monoisotopic (exact) mass is 236 g/mol. The fraction of sp³-hybridized carbons (Fsp3) is 0.357. The maximum Gasteiger partial charge on any atom is 0.143 e. The van der Waals surface area contributed by atoms with Crippen LogP contribution in [-0.2, 0) is 4.79 Å². The second-order valence-corrected chi connectivity index (χ2v) is 4.36. The van der Waals surface area contributed by atoms with Gasteiger partial charge in [0.25, 0.3) is 0 Å². The zero-order chi connectivity index (χ0) is 11.8. The number of aldehydes is 1. The highest BCUT2D eigenvalue weighted by molar-refractivity contribution is 6.20. The van der Waals surface area contributed by atoms with Gasteiger partial charge in [0, 0.05) is 5.38 Å². The summed E-state index contributed by atoms with van der Waals surface area (Å²) in [6, 6.07) is 9.96. The van der Waals surface area contributed by atoms with E-state index in [1.807, 2.05) is 30.3 Å². The third kappa shape index (κ3) is 4.19. The normalized spacial score (nSPS) is 13.5. The molecule has 0 aliphatic carbocycles. The molecule has 0 saturated heterocycles. The smallest absolute Gasteiger partial charge is 0.143 e. The van der Waals surface area contributed by atoms with Crippen LogP contribution in [0.15, 0.2) is 36.4 Å². The van der Waals surface area contributed by atoms with Gasteiger partial charge in [0.1, 0.15) is 6.29 Å². The van der Waals surface area contributed by atoms with Gasteiger partial charge in [0.15, 0.2) is 0 Å². The quantitative estimate of drug-likeness (QED) is 0.414. The number of alkyl halides is 1. The molecule has 0 radical (unpaired) electrons. The van der Waals surface area contributed by atoms with Gasteiger partial charge in [-0.15, -0.1) is 11.6 Å². The average Bonchev–Trinajstić information content (AvgIpc) is 2.35. The fourth-order valence-corrected chi connectivity index (χ4v) is 1.68. The lowest BCUT2D eigenvalue weighted by Gasteiger charge is -2.09. The van der Waals surface area contributed by atoms with Crippen LogP contribution in [0.1, 0.15) is 31.7 Å². The van der Waals surface area contributed by atoms with Gasteiger partial charge >= 0.3 is 0 Å². The lowest BCUT2D eigenvalue weighted by atomic mass is 9.99. The van der Waals surface area contributed by atoms with Crippen LogP contribution in [0.25, 0.3) is 5.57 Å². The van der Waals surface area contributed by atoms with Crippen LogP contribution in [0.2, 0.25) is 0 Å². The first-order chi connectivity index (χ1) is 7.77. The predicted molar refractivity (Wildman–Crippen MR) is 69.6 cm³/mol. The van der Waals surface area contributed by atoms with Crippen molar-refractivity contribution >= 4 is 23.5 Å². The molecule has 0 fully saturated rings. The molecule has 0 aliphatic rings. The molecule has 0 N–H and O–H groups in total. The van der Waals surface area contributed by atoms with Crippen molar-refractivity contribution in [3.05, 3.63) is 42.0 Å². The van der Waals surface area contributed by atoms with Crippen molar-refractivity contribution in [3.8, 4) is 0 Å². The molecule has 0 saturated carbocycles. The van der Waals surface area contributed by atoms with Crippen LogP contribution < -0.4 is 0 Å². The molecule has 1 unspecified atom stereocenters. The minimum Gasteiger partial charge on any atom is -0.299 e. The van der Waals surface area contributed by atoms with Crippen molar-refractivity contribution in [2.24, 2.45) is 0 Å². The number of rotatable bonds is 6. The number of allylic oxidation sites excluding steroid dienone is 2. The Morgan fingerprint density at radius 2 is 2.06 bits per heavy atom. The number of halogens is 1. The zero-order valence-corrected chi connectivity index (χ0v) is 10.3. The summed E-state index contributed by atoms with van der Waals surface area (Å²) in [6.07, 6.45) is 5.20. The number of carbonyl (C=O) groups is 1. The van der Waals surface area contributed by atoms with E-state index < -0.39 is 0 Å². The second kappa shape index (κ2) is 7.24. The van der Waals surface area contributed by atoms with Gasteiger partial charge in [0.2, 0.25) is 0 Å². The number of hydrogen-bond acceptors (Lipinski definition) is 1. The van der Waals surface area contributed by atoms with E-state index in [2.05, 4.69) is 6.92 Å². The summed E-state index contributed by atoms with van der Waals surface area (Å²) in [4.78, 5) is 10.6. The van der Waals surface area contributed by atoms with Gasteiger partial charge in [-0.25, -0.2) is 0 Å². The molecular formula is C14H17ClO. The van der Waals surface area contributed by atoms with Crippen LogP contribution in [0.5, 0.6) is 0 Å². The van der Waals surface area contributed by atoms with Crippen molar-refractivity contribution < 1.29 is 4.79 Å². The van der Waals surface area contributed by atoms with Crippen LogP contribution in [0.4, 0.5) is 0 Å². The Morgan fingerprint density at radius 3 is 2.62 bits per heavy atom. The van der Waals surface area contributed by atoms with Gasteiger partial charge in [-0.05, 0) is 36.5 Å². The third-order valence-corrected chi connectivity index (χ3v) is 3.11. The minimum absolute atomic E-state index is 0.193. The SMILES string of the molecule is CCC(Cl)CCC(=CC=O)c1ccccc1. The molecular weight excluding hydrogens is 220 g/mol. The molecule has 0 amide bonds. The number of hydrogen-bond donors (Lipinski definition) is 0. The van der Waals surface area contributed by atoms with Crippen molar-refractivity contribution in [1.82, 2.24) is 0 Å². The molecule has 0 aliphatic heterocycles. The summed E-state index contributed by atoms with van der Waals surface area (Å²) in [6.45, 7) is 2.07. The first kappa shape index (κ1) is 13.0. The standard InChI is InChI=1S/C14H17ClO/c1-2-14(15)9-8-13(10-11-16)12-6-4-3-5-7-12/h3-7,10-11,14H,2,8-9H2,1H3. The maximum absolute atomic E-state index is 10.6.